The van der Waals surface area contributed by atoms with Gasteiger partial charge in [-0.05, 0) is 48.4 Å². The van der Waals surface area contributed by atoms with Gasteiger partial charge in [-0.1, -0.05) is 29.8 Å². The van der Waals surface area contributed by atoms with E-state index in [0.29, 0.717) is 39.4 Å². The molecular weight excluding hydrogens is 379 g/mol. The van der Waals surface area contributed by atoms with E-state index in [9.17, 15) is 9.50 Å². The first-order valence-electron chi connectivity index (χ1n) is 8.76. The minimum absolute atomic E-state index is 0.294. The molecule has 4 nitrogen and oxygen atoms in total. The Bertz CT molecular complexity index is 1030. The van der Waals surface area contributed by atoms with Gasteiger partial charge >= 0.3 is 0 Å². The fraction of sp³-hybridized carbons (Fsp3) is 0.182. The van der Waals surface area contributed by atoms with Crippen molar-refractivity contribution in [3.63, 3.8) is 0 Å². The maximum absolute atomic E-state index is 13.2. The van der Waals surface area contributed by atoms with Crippen molar-refractivity contribution >= 4 is 28.7 Å². The number of aliphatic hydroxyl groups excluding tert-OH is 1. The van der Waals surface area contributed by atoms with Crippen LogP contribution in [0.15, 0.2) is 59.7 Å². The predicted molar refractivity (Wildman–Crippen MR) is 111 cm³/mol. The van der Waals surface area contributed by atoms with Gasteiger partial charge in [0.15, 0.2) is 0 Å². The summed E-state index contributed by atoms with van der Waals surface area (Å²) in [5.41, 5.74) is 2.94. The van der Waals surface area contributed by atoms with E-state index in [2.05, 4.69) is 9.98 Å². The van der Waals surface area contributed by atoms with E-state index in [0.717, 1.165) is 5.56 Å². The Hall–Kier alpha value is -2.76. The molecular formula is C22H20ClFN2O2. The van der Waals surface area contributed by atoms with E-state index >= 15 is 0 Å². The number of rotatable bonds is 6. The zero-order chi connectivity index (χ0) is 20.1. The number of halogens is 2. The largest absolute Gasteiger partial charge is 0.481 e. The molecule has 0 radical (unpaired) electrons. The van der Waals surface area contributed by atoms with Crippen LogP contribution < -0.4 is 4.74 Å². The molecule has 3 rings (SSSR count). The van der Waals surface area contributed by atoms with Gasteiger partial charge in [-0.2, -0.15) is 0 Å². The normalized spacial score (nSPS) is 12.9. The van der Waals surface area contributed by atoms with Crippen molar-refractivity contribution < 1.29 is 14.2 Å². The average molecular weight is 399 g/mol. The maximum atomic E-state index is 13.2. The first kappa shape index (κ1) is 20.0. The maximum Gasteiger partial charge on any atom is 0.218 e. The second kappa shape index (κ2) is 8.95. The molecule has 3 aromatic rings. The van der Waals surface area contributed by atoms with Crippen LogP contribution in [0.1, 0.15) is 29.7 Å². The Balaban J connectivity index is 2.05. The fourth-order valence-electron chi connectivity index (χ4n) is 2.90. The molecule has 0 aliphatic carbocycles. The van der Waals surface area contributed by atoms with E-state index in [1.54, 1.807) is 49.7 Å². The number of fused-ring (bicyclic) bond motifs is 1. The van der Waals surface area contributed by atoms with Gasteiger partial charge in [-0.15, -0.1) is 0 Å². The van der Waals surface area contributed by atoms with Crippen LogP contribution in [-0.2, 0) is 6.42 Å². The average Bonchev–Trinajstić information content (AvgIpc) is 2.71. The number of methoxy groups -OCH3 is 1. The molecule has 6 heteroatoms. The van der Waals surface area contributed by atoms with Gasteiger partial charge in [-0.3, -0.25) is 4.99 Å². The Morgan fingerprint density at radius 1 is 1.25 bits per heavy atom. The second-order valence-electron chi connectivity index (χ2n) is 6.19. The van der Waals surface area contributed by atoms with Crippen molar-refractivity contribution in [2.24, 2.45) is 4.99 Å². The number of pyridine rings is 1. The molecule has 0 saturated carbocycles. The highest BCUT2D eigenvalue weighted by Crippen LogP contribution is 2.35. The number of aliphatic imine (C=N–C) groups is 1. The SMILES string of the molecule is C/C=N/C=C/C(O)c1ccc2nc(OC)c(Cc3ccc(F)cc3)c(Cl)c2c1. The topological polar surface area (TPSA) is 54.7 Å². The van der Waals surface area contributed by atoms with E-state index in [4.69, 9.17) is 16.3 Å². The van der Waals surface area contributed by atoms with Crippen LogP contribution in [0, 0.1) is 5.82 Å². The molecule has 1 unspecified atom stereocenters. The first-order valence-corrected chi connectivity index (χ1v) is 9.14. The van der Waals surface area contributed by atoms with E-state index < -0.39 is 6.10 Å². The lowest BCUT2D eigenvalue weighted by molar-refractivity contribution is 0.228. The summed E-state index contributed by atoms with van der Waals surface area (Å²) < 4.78 is 18.6. The highest BCUT2D eigenvalue weighted by molar-refractivity contribution is 6.36. The van der Waals surface area contributed by atoms with Gasteiger partial charge in [0.1, 0.15) is 5.82 Å². The predicted octanol–water partition coefficient (Wildman–Crippen LogP) is 5.26. The van der Waals surface area contributed by atoms with Gasteiger partial charge in [0.05, 0.1) is 23.8 Å². The Kier molecular flexibility index (Phi) is 6.39. The number of aliphatic hydroxyl groups is 1. The summed E-state index contributed by atoms with van der Waals surface area (Å²) in [5, 5.41) is 11.6. The Labute approximate surface area is 168 Å². The molecule has 1 atom stereocenters. The molecule has 0 amide bonds. The summed E-state index contributed by atoms with van der Waals surface area (Å²) in [6.07, 6.45) is 4.40. The molecule has 0 aliphatic heterocycles. The third kappa shape index (κ3) is 4.38. The molecule has 28 heavy (non-hydrogen) atoms. The van der Waals surface area contributed by atoms with Crippen LogP contribution in [0.25, 0.3) is 10.9 Å². The van der Waals surface area contributed by atoms with Crippen molar-refractivity contribution in [2.75, 3.05) is 7.11 Å². The van der Waals surface area contributed by atoms with Crippen LogP contribution in [0.4, 0.5) is 4.39 Å². The molecule has 0 aliphatic rings. The Morgan fingerprint density at radius 3 is 2.68 bits per heavy atom. The standard InChI is InChI=1S/C22H20ClFN2O2/c1-3-25-11-10-20(27)15-6-9-19-17(13-15)21(23)18(22(26-19)28-2)12-14-4-7-16(24)8-5-14/h3-11,13,20,27H,12H2,1-2H3/b11-10+,25-3+. The lowest BCUT2D eigenvalue weighted by Crippen LogP contribution is -2.00. The van der Waals surface area contributed by atoms with Gasteiger partial charge in [0.25, 0.3) is 0 Å². The van der Waals surface area contributed by atoms with Crippen molar-refractivity contribution in [2.45, 2.75) is 19.4 Å². The van der Waals surface area contributed by atoms with Crippen molar-refractivity contribution in [3.8, 4) is 5.88 Å². The summed E-state index contributed by atoms with van der Waals surface area (Å²) in [5.74, 6) is 0.129. The zero-order valence-corrected chi connectivity index (χ0v) is 16.3. The van der Waals surface area contributed by atoms with Crippen LogP contribution in [0.2, 0.25) is 5.02 Å². The monoisotopic (exact) mass is 398 g/mol. The van der Waals surface area contributed by atoms with Gasteiger partial charge < -0.3 is 9.84 Å². The van der Waals surface area contributed by atoms with Crippen molar-refractivity contribution in [1.29, 1.82) is 0 Å². The molecule has 144 valence electrons. The molecule has 0 fully saturated rings. The third-order valence-corrected chi connectivity index (χ3v) is 4.77. The van der Waals surface area contributed by atoms with Crippen molar-refractivity contribution in [3.05, 3.63) is 82.3 Å². The lowest BCUT2D eigenvalue weighted by atomic mass is 10.0. The van der Waals surface area contributed by atoms with Gasteiger partial charge in [0, 0.05) is 29.8 Å². The van der Waals surface area contributed by atoms with Gasteiger partial charge in [0.2, 0.25) is 5.88 Å². The third-order valence-electron chi connectivity index (χ3n) is 4.33. The number of hydrogen-bond donors (Lipinski definition) is 1. The highest BCUT2D eigenvalue weighted by atomic mass is 35.5. The molecule has 1 N–H and O–H groups in total. The minimum Gasteiger partial charge on any atom is -0.481 e. The Morgan fingerprint density at radius 2 is 2.00 bits per heavy atom. The number of benzene rings is 2. The van der Waals surface area contributed by atoms with Crippen molar-refractivity contribution in [1.82, 2.24) is 4.98 Å². The summed E-state index contributed by atoms with van der Waals surface area (Å²) in [6.45, 7) is 1.80. The zero-order valence-electron chi connectivity index (χ0n) is 15.6. The first-order chi connectivity index (χ1) is 13.5. The fourth-order valence-corrected chi connectivity index (χ4v) is 3.20. The second-order valence-corrected chi connectivity index (χ2v) is 6.57. The van der Waals surface area contributed by atoms with Crippen LogP contribution in [-0.4, -0.2) is 23.4 Å². The molecule has 2 aromatic carbocycles. The van der Waals surface area contributed by atoms with Crippen LogP contribution >= 0.6 is 11.6 Å². The quantitative estimate of drug-likeness (QED) is 0.576. The van der Waals surface area contributed by atoms with E-state index in [-0.39, 0.29) is 5.82 Å². The smallest absolute Gasteiger partial charge is 0.218 e. The van der Waals surface area contributed by atoms with E-state index in [1.165, 1.54) is 19.2 Å². The molecule has 1 heterocycles. The molecule has 1 aromatic heterocycles. The van der Waals surface area contributed by atoms with Gasteiger partial charge in [-0.25, -0.2) is 9.37 Å². The van der Waals surface area contributed by atoms with E-state index in [1.807, 2.05) is 6.07 Å². The number of aromatic nitrogens is 1. The lowest BCUT2D eigenvalue weighted by Gasteiger charge is -2.14. The highest BCUT2D eigenvalue weighted by Gasteiger charge is 2.16. The summed E-state index contributed by atoms with van der Waals surface area (Å²) in [6, 6.07) is 11.6. The van der Waals surface area contributed by atoms with Crippen LogP contribution in [0.3, 0.4) is 0 Å². The summed E-state index contributed by atoms with van der Waals surface area (Å²) in [7, 11) is 1.54. The molecule has 0 spiro atoms. The van der Waals surface area contributed by atoms with Crippen LogP contribution in [0.5, 0.6) is 5.88 Å². The number of ether oxygens (including phenoxy) is 1. The summed E-state index contributed by atoms with van der Waals surface area (Å²) >= 11 is 6.69. The minimum atomic E-state index is -0.813. The number of nitrogens with zero attached hydrogens (tertiary/aromatic N) is 2. The molecule has 0 bridgehead atoms. The molecule has 0 saturated heterocycles. The summed E-state index contributed by atoms with van der Waals surface area (Å²) in [4.78, 5) is 8.50. The number of hydrogen-bond acceptors (Lipinski definition) is 4.